The summed E-state index contributed by atoms with van der Waals surface area (Å²) in [5, 5.41) is 17.3. The van der Waals surface area contributed by atoms with Crippen molar-refractivity contribution >= 4 is 27.4 Å². The lowest BCUT2D eigenvalue weighted by Crippen LogP contribution is -2.45. The number of nitrogens with one attached hydrogen (secondary N) is 2. The molecule has 1 aliphatic heterocycles. The summed E-state index contributed by atoms with van der Waals surface area (Å²) in [4.78, 5) is 14.4. The van der Waals surface area contributed by atoms with E-state index in [0.29, 0.717) is 29.0 Å². The van der Waals surface area contributed by atoms with Crippen LogP contribution in [0.4, 0.5) is 11.5 Å². The van der Waals surface area contributed by atoms with Crippen LogP contribution in [0.15, 0.2) is 10.7 Å². The summed E-state index contributed by atoms with van der Waals surface area (Å²) in [6.45, 7) is 4.56. The lowest BCUT2D eigenvalue weighted by atomic mass is 10.2. The van der Waals surface area contributed by atoms with Crippen molar-refractivity contribution in [3.8, 4) is 0 Å². The van der Waals surface area contributed by atoms with Gasteiger partial charge in [0.25, 0.3) is 5.69 Å². The highest BCUT2D eigenvalue weighted by molar-refractivity contribution is 9.10. The van der Waals surface area contributed by atoms with E-state index in [4.69, 9.17) is 4.74 Å². The number of ether oxygens (including phenoxy) is 1. The van der Waals surface area contributed by atoms with Crippen LogP contribution in [0.2, 0.25) is 0 Å². The number of aromatic nitrogens is 1. The number of nitro groups is 1. The molecule has 1 atom stereocenters. The van der Waals surface area contributed by atoms with Gasteiger partial charge in [0.1, 0.15) is 12.0 Å². The monoisotopic (exact) mass is 330 g/mol. The number of hydrogen-bond acceptors (Lipinski definition) is 6. The maximum absolute atomic E-state index is 10.8. The molecule has 0 amide bonds. The van der Waals surface area contributed by atoms with Gasteiger partial charge in [-0.3, -0.25) is 10.1 Å². The standard InChI is InChI=1S/C11H15BrN4O3/c1-7-9(16(17)18)5-15-11(10(7)12)14-4-8-6-19-3-2-13-8/h5,8,13H,2-4,6H2,1H3,(H,14,15). The Kier molecular flexibility index (Phi) is 4.67. The second-order valence-corrected chi connectivity index (χ2v) is 5.09. The Balaban J connectivity index is 2.04. The Hall–Kier alpha value is -1.25. The minimum atomic E-state index is -0.437. The Morgan fingerprint density at radius 2 is 2.53 bits per heavy atom. The summed E-state index contributed by atoms with van der Waals surface area (Å²) in [5.41, 5.74) is 0.576. The highest BCUT2D eigenvalue weighted by Crippen LogP contribution is 2.30. The van der Waals surface area contributed by atoms with E-state index in [2.05, 4.69) is 31.5 Å². The van der Waals surface area contributed by atoms with Crippen LogP contribution < -0.4 is 10.6 Å². The van der Waals surface area contributed by atoms with Crippen LogP contribution in [0.25, 0.3) is 0 Å². The van der Waals surface area contributed by atoms with E-state index in [1.165, 1.54) is 6.20 Å². The highest BCUT2D eigenvalue weighted by Gasteiger charge is 2.18. The Labute approximate surface area is 119 Å². The molecule has 2 N–H and O–H groups in total. The van der Waals surface area contributed by atoms with Crippen LogP contribution >= 0.6 is 15.9 Å². The topological polar surface area (TPSA) is 89.3 Å². The third-order valence-electron chi connectivity index (χ3n) is 2.95. The molecular formula is C11H15BrN4O3. The van der Waals surface area contributed by atoms with E-state index in [1.54, 1.807) is 6.92 Å². The molecule has 0 aliphatic carbocycles. The molecule has 0 spiro atoms. The molecule has 2 rings (SSSR count). The van der Waals surface area contributed by atoms with E-state index in [0.717, 1.165) is 13.2 Å². The van der Waals surface area contributed by atoms with Crippen LogP contribution in [0.3, 0.4) is 0 Å². The summed E-state index contributed by atoms with van der Waals surface area (Å²) >= 11 is 3.34. The van der Waals surface area contributed by atoms with Crippen molar-refractivity contribution in [3.05, 3.63) is 26.3 Å². The first kappa shape index (κ1) is 14.2. The number of pyridine rings is 1. The van der Waals surface area contributed by atoms with Crippen LogP contribution in [0, 0.1) is 17.0 Å². The van der Waals surface area contributed by atoms with Gasteiger partial charge in [0.05, 0.1) is 22.6 Å². The molecule has 1 aromatic heterocycles. The minimum Gasteiger partial charge on any atom is -0.378 e. The van der Waals surface area contributed by atoms with Gasteiger partial charge in [-0.2, -0.15) is 0 Å². The summed E-state index contributed by atoms with van der Waals surface area (Å²) in [6.07, 6.45) is 1.27. The van der Waals surface area contributed by atoms with E-state index in [1.807, 2.05) is 0 Å². The van der Waals surface area contributed by atoms with Gasteiger partial charge < -0.3 is 15.4 Å². The van der Waals surface area contributed by atoms with Crippen LogP contribution in [0.5, 0.6) is 0 Å². The van der Waals surface area contributed by atoms with Crippen molar-refractivity contribution in [1.29, 1.82) is 0 Å². The van der Waals surface area contributed by atoms with Crippen molar-refractivity contribution in [2.24, 2.45) is 0 Å². The fourth-order valence-corrected chi connectivity index (χ4v) is 2.29. The number of morpholine rings is 1. The SMILES string of the molecule is Cc1c([N+](=O)[O-])cnc(NCC2COCCN2)c1Br. The number of halogens is 1. The van der Waals surface area contributed by atoms with Gasteiger partial charge >= 0.3 is 0 Å². The zero-order valence-electron chi connectivity index (χ0n) is 10.5. The largest absolute Gasteiger partial charge is 0.378 e. The third kappa shape index (κ3) is 3.40. The first-order valence-corrected chi connectivity index (χ1v) is 6.73. The van der Waals surface area contributed by atoms with Crippen LogP contribution in [-0.2, 0) is 4.74 Å². The fourth-order valence-electron chi connectivity index (χ4n) is 1.85. The Morgan fingerprint density at radius 3 is 3.16 bits per heavy atom. The van der Waals surface area contributed by atoms with E-state index >= 15 is 0 Å². The molecule has 0 radical (unpaired) electrons. The number of anilines is 1. The maximum atomic E-state index is 10.8. The van der Waals surface area contributed by atoms with Crippen molar-refractivity contribution in [2.45, 2.75) is 13.0 Å². The third-order valence-corrected chi connectivity index (χ3v) is 3.92. The first-order valence-electron chi connectivity index (χ1n) is 5.94. The molecule has 0 bridgehead atoms. The predicted molar refractivity (Wildman–Crippen MR) is 74.4 cm³/mol. The molecule has 1 unspecified atom stereocenters. The first-order chi connectivity index (χ1) is 9.09. The summed E-state index contributed by atoms with van der Waals surface area (Å²) in [7, 11) is 0. The summed E-state index contributed by atoms with van der Waals surface area (Å²) in [5.74, 6) is 0.607. The molecule has 8 heteroatoms. The van der Waals surface area contributed by atoms with Crippen molar-refractivity contribution in [2.75, 3.05) is 31.6 Å². The molecule has 7 nitrogen and oxygen atoms in total. The predicted octanol–water partition coefficient (Wildman–Crippen LogP) is 1.46. The molecule has 104 valence electrons. The van der Waals surface area contributed by atoms with E-state index in [9.17, 15) is 10.1 Å². The van der Waals surface area contributed by atoms with E-state index in [-0.39, 0.29) is 11.7 Å². The smallest absolute Gasteiger partial charge is 0.291 e. The molecule has 1 aromatic rings. The van der Waals surface area contributed by atoms with Gasteiger partial charge in [-0.1, -0.05) is 0 Å². The molecule has 1 aliphatic rings. The highest BCUT2D eigenvalue weighted by atomic mass is 79.9. The summed E-state index contributed by atoms with van der Waals surface area (Å²) in [6, 6.07) is 0.220. The molecular weight excluding hydrogens is 316 g/mol. The molecule has 0 saturated carbocycles. The van der Waals surface area contributed by atoms with Crippen molar-refractivity contribution in [1.82, 2.24) is 10.3 Å². The molecule has 1 fully saturated rings. The maximum Gasteiger partial charge on any atom is 0.291 e. The molecule has 2 heterocycles. The van der Waals surface area contributed by atoms with Crippen molar-refractivity contribution in [3.63, 3.8) is 0 Å². The van der Waals surface area contributed by atoms with Gasteiger partial charge in [-0.15, -0.1) is 0 Å². The molecule has 1 saturated heterocycles. The van der Waals surface area contributed by atoms with Gasteiger partial charge in [0, 0.05) is 24.7 Å². The number of nitrogens with zero attached hydrogens (tertiary/aromatic N) is 2. The zero-order valence-corrected chi connectivity index (χ0v) is 12.1. The van der Waals surface area contributed by atoms with Gasteiger partial charge in [0.15, 0.2) is 0 Å². The quantitative estimate of drug-likeness (QED) is 0.641. The number of hydrogen-bond donors (Lipinski definition) is 2. The summed E-state index contributed by atoms with van der Waals surface area (Å²) < 4.78 is 5.97. The van der Waals surface area contributed by atoms with Crippen LogP contribution in [0.1, 0.15) is 5.56 Å². The normalized spacial score (nSPS) is 19.2. The Morgan fingerprint density at radius 1 is 1.74 bits per heavy atom. The minimum absolute atomic E-state index is 0.0107. The van der Waals surface area contributed by atoms with Gasteiger partial charge in [0.2, 0.25) is 0 Å². The zero-order chi connectivity index (χ0) is 13.8. The number of rotatable bonds is 4. The Bertz CT molecular complexity index is 477. The van der Waals surface area contributed by atoms with E-state index < -0.39 is 4.92 Å². The van der Waals surface area contributed by atoms with Crippen molar-refractivity contribution < 1.29 is 9.66 Å². The average molecular weight is 331 g/mol. The average Bonchev–Trinajstić information content (AvgIpc) is 2.41. The van der Waals surface area contributed by atoms with Gasteiger partial charge in [-0.05, 0) is 22.9 Å². The second-order valence-electron chi connectivity index (χ2n) is 4.30. The molecule has 19 heavy (non-hydrogen) atoms. The lowest BCUT2D eigenvalue weighted by molar-refractivity contribution is -0.385. The fraction of sp³-hybridized carbons (Fsp3) is 0.545. The molecule has 0 aromatic carbocycles. The van der Waals surface area contributed by atoms with Gasteiger partial charge in [-0.25, -0.2) is 4.98 Å². The second kappa shape index (κ2) is 6.27. The van der Waals surface area contributed by atoms with Crippen LogP contribution in [-0.4, -0.2) is 42.3 Å². The lowest BCUT2D eigenvalue weighted by Gasteiger charge is -2.24.